The Bertz CT molecular complexity index is 625. The van der Waals surface area contributed by atoms with Crippen molar-refractivity contribution in [3.63, 3.8) is 0 Å². The summed E-state index contributed by atoms with van der Waals surface area (Å²) in [5.41, 5.74) is 0.869. The summed E-state index contributed by atoms with van der Waals surface area (Å²) in [5.74, 6) is -0.328. The standard InChI is InChI=1S/C13H17N5O2/c1-4-13(3,12(19)20)8-18-11(15-16-17-18)10-5-9(2)6-14-7-10/h5-7H,4,8H2,1-3H3,(H,19,20). The third-order valence-electron chi connectivity index (χ3n) is 3.46. The highest BCUT2D eigenvalue weighted by molar-refractivity contribution is 5.74. The lowest BCUT2D eigenvalue weighted by Gasteiger charge is -2.22. The topological polar surface area (TPSA) is 93.8 Å². The van der Waals surface area contributed by atoms with E-state index >= 15 is 0 Å². The van der Waals surface area contributed by atoms with E-state index < -0.39 is 11.4 Å². The van der Waals surface area contributed by atoms with Crippen molar-refractivity contribution >= 4 is 5.97 Å². The van der Waals surface area contributed by atoms with E-state index in [1.165, 1.54) is 4.68 Å². The summed E-state index contributed by atoms with van der Waals surface area (Å²) in [7, 11) is 0. The van der Waals surface area contributed by atoms with Crippen molar-refractivity contribution in [1.82, 2.24) is 25.2 Å². The first kappa shape index (κ1) is 14.1. The van der Waals surface area contributed by atoms with E-state index in [0.29, 0.717) is 12.2 Å². The maximum atomic E-state index is 11.4. The van der Waals surface area contributed by atoms with Gasteiger partial charge < -0.3 is 5.11 Å². The average molecular weight is 275 g/mol. The van der Waals surface area contributed by atoms with Gasteiger partial charge in [-0.1, -0.05) is 6.92 Å². The van der Waals surface area contributed by atoms with E-state index in [1.807, 2.05) is 19.9 Å². The fraction of sp³-hybridized carbons (Fsp3) is 0.462. The van der Waals surface area contributed by atoms with Crippen molar-refractivity contribution < 1.29 is 9.90 Å². The van der Waals surface area contributed by atoms with Crippen LogP contribution in [0.5, 0.6) is 0 Å². The lowest BCUT2D eigenvalue weighted by molar-refractivity contribution is -0.149. The number of tetrazole rings is 1. The normalized spacial score (nSPS) is 13.9. The second-order valence-corrected chi connectivity index (χ2v) is 5.13. The number of carboxylic acid groups (broad SMARTS) is 1. The fourth-order valence-corrected chi connectivity index (χ4v) is 1.86. The Labute approximate surface area is 116 Å². The third kappa shape index (κ3) is 2.66. The number of carboxylic acids is 1. The molecule has 1 atom stereocenters. The molecule has 7 heteroatoms. The van der Waals surface area contributed by atoms with Crippen LogP contribution in [0.1, 0.15) is 25.8 Å². The van der Waals surface area contributed by atoms with Crippen LogP contribution < -0.4 is 0 Å². The number of nitrogens with zero attached hydrogens (tertiary/aromatic N) is 5. The Morgan fingerprint density at radius 3 is 2.80 bits per heavy atom. The number of carbonyl (C=O) groups is 1. The van der Waals surface area contributed by atoms with Gasteiger partial charge >= 0.3 is 5.97 Å². The molecule has 0 radical (unpaired) electrons. The van der Waals surface area contributed by atoms with E-state index in [2.05, 4.69) is 20.5 Å². The molecule has 20 heavy (non-hydrogen) atoms. The van der Waals surface area contributed by atoms with E-state index in [1.54, 1.807) is 19.3 Å². The molecule has 0 aromatic carbocycles. The molecule has 2 aromatic heterocycles. The minimum absolute atomic E-state index is 0.217. The molecule has 0 amide bonds. The second-order valence-electron chi connectivity index (χ2n) is 5.13. The lowest BCUT2D eigenvalue weighted by Crippen LogP contribution is -2.32. The number of aryl methyl sites for hydroxylation is 1. The van der Waals surface area contributed by atoms with E-state index in [-0.39, 0.29) is 6.54 Å². The molecule has 7 nitrogen and oxygen atoms in total. The SMILES string of the molecule is CCC(C)(Cn1nnnc1-c1cncc(C)c1)C(=O)O. The number of rotatable bonds is 5. The molecule has 0 aliphatic rings. The second kappa shape index (κ2) is 5.36. The Morgan fingerprint density at radius 1 is 1.45 bits per heavy atom. The van der Waals surface area contributed by atoms with Crippen LogP contribution in [0.15, 0.2) is 18.5 Å². The highest BCUT2D eigenvalue weighted by atomic mass is 16.4. The van der Waals surface area contributed by atoms with Gasteiger partial charge in [0.25, 0.3) is 0 Å². The highest BCUT2D eigenvalue weighted by Crippen LogP contribution is 2.26. The molecular formula is C13H17N5O2. The van der Waals surface area contributed by atoms with Crippen LogP contribution in [0.25, 0.3) is 11.4 Å². The van der Waals surface area contributed by atoms with Gasteiger partial charge in [0.05, 0.1) is 12.0 Å². The molecule has 0 bridgehead atoms. The van der Waals surface area contributed by atoms with Gasteiger partial charge in [0, 0.05) is 18.0 Å². The predicted molar refractivity (Wildman–Crippen MR) is 71.8 cm³/mol. The first-order chi connectivity index (χ1) is 9.46. The van der Waals surface area contributed by atoms with Gasteiger partial charge in [0.1, 0.15) is 0 Å². The van der Waals surface area contributed by atoms with Gasteiger partial charge in [0.15, 0.2) is 5.82 Å². The van der Waals surface area contributed by atoms with Crippen LogP contribution in [0, 0.1) is 12.3 Å². The minimum Gasteiger partial charge on any atom is -0.481 e. The summed E-state index contributed by atoms with van der Waals surface area (Å²) in [5, 5.41) is 20.9. The van der Waals surface area contributed by atoms with Gasteiger partial charge in [0.2, 0.25) is 0 Å². The molecule has 2 rings (SSSR count). The predicted octanol–water partition coefficient (Wildman–Crippen LogP) is 1.54. The summed E-state index contributed by atoms with van der Waals surface area (Å²) in [6, 6.07) is 1.92. The first-order valence-electron chi connectivity index (χ1n) is 6.38. The molecule has 0 aliphatic heterocycles. The van der Waals surface area contributed by atoms with E-state index in [9.17, 15) is 9.90 Å². The Kier molecular flexibility index (Phi) is 3.78. The molecule has 2 heterocycles. The third-order valence-corrected chi connectivity index (χ3v) is 3.46. The van der Waals surface area contributed by atoms with Crippen molar-refractivity contribution in [3.05, 3.63) is 24.0 Å². The van der Waals surface area contributed by atoms with Crippen LogP contribution in [0.2, 0.25) is 0 Å². The zero-order valence-corrected chi connectivity index (χ0v) is 11.7. The van der Waals surface area contributed by atoms with Crippen LogP contribution in [0.3, 0.4) is 0 Å². The van der Waals surface area contributed by atoms with Gasteiger partial charge in [-0.05, 0) is 42.3 Å². The molecule has 1 N–H and O–H groups in total. The van der Waals surface area contributed by atoms with Crippen molar-refractivity contribution in [1.29, 1.82) is 0 Å². The average Bonchev–Trinajstić information content (AvgIpc) is 2.86. The Hall–Kier alpha value is -2.31. The quantitative estimate of drug-likeness (QED) is 0.889. The molecular weight excluding hydrogens is 258 g/mol. The van der Waals surface area contributed by atoms with Gasteiger partial charge in [-0.3, -0.25) is 9.78 Å². The van der Waals surface area contributed by atoms with Crippen LogP contribution in [-0.4, -0.2) is 36.3 Å². The number of aliphatic carboxylic acids is 1. The molecule has 2 aromatic rings. The summed E-state index contributed by atoms with van der Waals surface area (Å²) < 4.78 is 1.52. The van der Waals surface area contributed by atoms with Crippen LogP contribution in [0.4, 0.5) is 0 Å². The monoisotopic (exact) mass is 275 g/mol. The van der Waals surface area contributed by atoms with Crippen molar-refractivity contribution in [3.8, 4) is 11.4 Å². The highest BCUT2D eigenvalue weighted by Gasteiger charge is 2.33. The van der Waals surface area contributed by atoms with E-state index in [0.717, 1.165) is 11.1 Å². The molecule has 106 valence electrons. The van der Waals surface area contributed by atoms with Crippen LogP contribution in [-0.2, 0) is 11.3 Å². The molecule has 0 saturated carbocycles. The number of hydrogen-bond donors (Lipinski definition) is 1. The first-order valence-corrected chi connectivity index (χ1v) is 6.38. The summed E-state index contributed by atoms with van der Waals surface area (Å²) in [6.45, 7) is 5.68. The number of hydrogen-bond acceptors (Lipinski definition) is 5. The van der Waals surface area contributed by atoms with Crippen molar-refractivity contribution in [2.75, 3.05) is 0 Å². The molecule has 0 fully saturated rings. The number of aromatic nitrogens is 5. The molecule has 0 saturated heterocycles. The smallest absolute Gasteiger partial charge is 0.311 e. The Morgan fingerprint density at radius 2 is 2.20 bits per heavy atom. The maximum Gasteiger partial charge on any atom is 0.311 e. The van der Waals surface area contributed by atoms with Crippen molar-refractivity contribution in [2.45, 2.75) is 33.7 Å². The van der Waals surface area contributed by atoms with Gasteiger partial charge in [-0.2, -0.15) is 0 Å². The fourth-order valence-electron chi connectivity index (χ4n) is 1.86. The zero-order valence-electron chi connectivity index (χ0n) is 11.7. The van der Waals surface area contributed by atoms with Gasteiger partial charge in [-0.25, -0.2) is 4.68 Å². The maximum absolute atomic E-state index is 11.4. The summed E-state index contributed by atoms with van der Waals surface area (Å²) >= 11 is 0. The number of pyridine rings is 1. The molecule has 0 aliphatic carbocycles. The summed E-state index contributed by atoms with van der Waals surface area (Å²) in [4.78, 5) is 15.5. The van der Waals surface area contributed by atoms with Crippen LogP contribution >= 0.6 is 0 Å². The minimum atomic E-state index is -0.901. The molecule has 1 unspecified atom stereocenters. The largest absolute Gasteiger partial charge is 0.481 e. The Balaban J connectivity index is 2.37. The molecule has 0 spiro atoms. The van der Waals surface area contributed by atoms with E-state index in [4.69, 9.17) is 0 Å². The summed E-state index contributed by atoms with van der Waals surface area (Å²) in [6.07, 6.45) is 3.90. The lowest BCUT2D eigenvalue weighted by atomic mass is 9.88. The van der Waals surface area contributed by atoms with Gasteiger partial charge in [-0.15, -0.1) is 5.10 Å². The van der Waals surface area contributed by atoms with Crippen molar-refractivity contribution in [2.24, 2.45) is 5.41 Å². The zero-order chi connectivity index (χ0) is 14.8.